The lowest BCUT2D eigenvalue weighted by Crippen LogP contribution is -2.18. The van der Waals surface area contributed by atoms with E-state index in [0.29, 0.717) is 0 Å². The number of fused-ring (bicyclic) bond motifs is 3. The standard InChI is InChI=1S/C22H15FN2O2/c23-20-11-14(12-24)9-10-21(20)25-22(26)27-13-19-17-7-3-1-5-15(17)16-6-2-4-8-18(16)19/h1-11,19H,13H2,(H,25,26). The van der Waals surface area contributed by atoms with Crippen LogP contribution in [0.4, 0.5) is 14.9 Å². The van der Waals surface area contributed by atoms with Crippen LogP contribution < -0.4 is 5.32 Å². The van der Waals surface area contributed by atoms with E-state index in [1.54, 1.807) is 0 Å². The number of nitriles is 1. The van der Waals surface area contributed by atoms with Gasteiger partial charge in [-0.05, 0) is 40.5 Å². The second-order valence-corrected chi connectivity index (χ2v) is 6.26. The predicted octanol–water partition coefficient (Wildman–Crippen LogP) is 5.06. The fourth-order valence-electron chi connectivity index (χ4n) is 3.43. The summed E-state index contributed by atoms with van der Waals surface area (Å²) < 4.78 is 19.3. The zero-order valence-corrected chi connectivity index (χ0v) is 14.3. The number of nitrogens with one attached hydrogen (secondary N) is 1. The lowest BCUT2D eigenvalue weighted by molar-refractivity contribution is 0.158. The molecule has 1 aliphatic carbocycles. The molecule has 0 unspecified atom stereocenters. The molecule has 0 radical (unpaired) electrons. The summed E-state index contributed by atoms with van der Waals surface area (Å²) in [6.45, 7) is 0.151. The van der Waals surface area contributed by atoms with Gasteiger partial charge in [0.1, 0.15) is 12.4 Å². The van der Waals surface area contributed by atoms with Crippen molar-refractivity contribution in [3.63, 3.8) is 0 Å². The van der Waals surface area contributed by atoms with Gasteiger partial charge < -0.3 is 4.74 Å². The summed E-state index contributed by atoms with van der Waals surface area (Å²) in [6.07, 6.45) is -0.736. The Morgan fingerprint density at radius 3 is 2.26 bits per heavy atom. The van der Waals surface area contributed by atoms with Gasteiger partial charge in [-0.2, -0.15) is 5.26 Å². The fourth-order valence-corrected chi connectivity index (χ4v) is 3.43. The molecule has 5 heteroatoms. The van der Waals surface area contributed by atoms with Crippen LogP contribution in [-0.2, 0) is 4.74 Å². The Labute approximate surface area is 155 Å². The van der Waals surface area contributed by atoms with Crippen LogP contribution in [0, 0.1) is 17.1 Å². The van der Waals surface area contributed by atoms with Crippen LogP contribution in [0.2, 0.25) is 0 Å². The first-order valence-corrected chi connectivity index (χ1v) is 8.49. The molecule has 1 aliphatic rings. The van der Waals surface area contributed by atoms with Crippen molar-refractivity contribution in [2.24, 2.45) is 0 Å². The minimum atomic E-state index is -0.736. The molecule has 3 aromatic rings. The number of nitrogens with zero attached hydrogens (tertiary/aromatic N) is 1. The maximum atomic E-state index is 13.9. The van der Waals surface area contributed by atoms with E-state index in [1.165, 1.54) is 12.1 Å². The highest BCUT2D eigenvalue weighted by atomic mass is 19.1. The zero-order valence-electron chi connectivity index (χ0n) is 14.3. The molecule has 27 heavy (non-hydrogen) atoms. The lowest BCUT2D eigenvalue weighted by Gasteiger charge is -2.14. The number of hydrogen-bond acceptors (Lipinski definition) is 3. The summed E-state index contributed by atoms with van der Waals surface area (Å²) in [7, 11) is 0. The van der Waals surface area contributed by atoms with Crippen molar-refractivity contribution in [2.45, 2.75) is 5.92 Å². The normalized spacial score (nSPS) is 12.0. The quantitative estimate of drug-likeness (QED) is 0.712. The van der Waals surface area contributed by atoms with Gasteiger partial charge in [0, 0.05) is 5.92 Å². The van der Waals surface area contributed by atoms with Crippen LogP contribution in [0.25, 0.3) is 11.1 Å². The highest BCUT2D eigenvalue weighted by Gasteiger charge is 2.29. The molecule has 0 aromatic heterocycles. The largest absolute Gasteiger partial charge is 0.448 e. The maximum absolute atomic E-state index is 13.9. The topological polar surface area (TPSA) is 62.1 Å². The Morgan fingerprint density at radius 1 is 1.04 bits per heavy atom. The van der Waals surface area contributed by atoms with Crippen LogP contribution in [0.1, 0.15) is 22.6 Å². The maximum Gasteiger partial charge on any atom is 0.411 e. The smallest absolute Gasteiger partial charge is 0.411 e. The Kier molecular flexibility index (Phi) is 4.31. The van der Waals surface area contributed by atoms with E-state index < -0.39 is 11.9 Å². The molecule has 0 saturated carbocycles. The first kappa shape index (κ1) is 16.8. The summed E-state index contributed by atoms with van der Waals surface area (Å²) >= 11 is 0. The van der Waals surface area contributed by atoms with Crippen LogP contribution >= 0.6 is 0 Å². The molecule has 132 valence electrons. The highest BCUT2D eigenvalue weighted by molar-refractivity contribution is 5.85. The second kappa shape index (κ2) is 6.93. The first-order chi connectivity index (χ1) is 13.2. The minimum Gasteiger partial charge on any atom is -0.448 e. The van der Waals surface area contributed by atoms with Gasteiger partial charge in [0.15, 0.2) is 0 Å². The van der Waals surface area contributed by atoms with Crippen molar-refractivity contribution < 1.29 is 13.9 Å². The predicted molar refractivity (Wildman–Crippen MR) is 99.8 cm³/mol. The summed E-state index contributed by atoms with van der Waals surface area (Å²) in [5, 5.41) is 11.2. The third-order valence-electron chi connectivity index (χ3n) is 4.68. The van der Waals surface area contributed by atoms with E-state index in [4.69, 9.17) is 10.00 Å². The molecule has 0 fully saturated rings. The van der Waals surface area contributed by atoms with E-state index in [0.717, 1.165) is 28.3 Å². The fraction of sp³-hybridized carbons (Fsp3) is 0.0909. The second-order valence-electron chi connectivity index (χ2n) is 6.26. The summed E-state index contributed by atoms with van der Waals surface area (Å²) in [6, 6.07) is 21.8. The molecule has 0 aliphatic heterocycles. The molecule has 1 N–H and O–H groups in total. The third-order valence-corrected chi connectivity index (χ3v) is 4.68. The van der Waals surface area contributed by atoms with Crippen molar-refractivity contribution in [3.05, 3.63) is 89.2 Å². The molecule has 4 rings (SSSR count). The third kappa shape index (κ3) is 3.13. The van der Waals surface area contributed by atoms with Crippen LogP contribution in [0.3, 0.4) is 0 Å². The van der Waals surface area contributed by atoms with Crippen molar-refractivity contribution in [1.29, 1.82) is 5.26 Å². The van der Waals surface area contributed by atoms with Crippen molar-refractivity contribution in [1.82, 2.24) is 0 Å². The van der Waals surface area contributed by atoms with Gasteiger partial charge in [-0.25, -0.2) is 9.18 Å². The van der Waals surface area contributed by atoms with Gasteiger partial charge in [-0.3, -0.25) is 5.32 Å². The summed E-state index contributed by atoms with van der Waals surface area (Å²) in [5.41, 5.74) is 4.66. The Balaban J connectivity index is 1.49. The average molecular weight is 358 g/mol. The van der Waals surface area contributed by atoms with Gasteiger partial charge in [0.2, 0.25) is 0 Å². The van der Waals surface area contributed by atoms with Gasteiger partial charge in [0.05, 0.1) is 17.3 Å². The van der Waals surface area contributed by atoms with Crippen LogP contribution in [-0.4, -0.2) is 12.7 Å². The Bertz CT molecular complexity index is 1030. The zero-order chi connectivity index (χ0) is 18.8. The van der Waals surface area contributed by atoms with E-state index in [9.17, 15) is 9.18 Å². The SMILES string of the molecule is N#Cc1ccc(NC(=O)OCC2c3ccccc3-c3ccccc32)c(F)c1. The number of amides is 1. The van der Waals surface area contributed by atoms with Gasteiger partial charge >= 0.3 is 6.09 Å². The molecule has 4 nitrogen and oxygen atoms in total. The number of carbonyl (C=O) groups is 1. The monoisotopic (exact) mass is 358 g/mol. The van der Waals surface area contributed by atoms with E-state index in [2.05, 4.69) is 17.4 Å². The van der Waals surface area contributed by atoms with Gasteiger partial charge in [0.25, 0.3) is 0 Å². The highest BCUT2D eigenvalue weighted by Crippen LogP contribution is 2.44. The van der Waals surface area contributed by atoms with Crippen molar-refractivity contribution in [2.75, 3.05) is 11.9 Å². The molecule has 0 heterocycles. The number of benzene rings is 3. The van der Waals surface area contributed by atoms with Crippen LogP contribution in [0.5, 0.6) is 0 Å². The first-order valence-electron chi connectivity index (χ1n) is 8.49. The van der Waals surface area contributed by atoms with E-state index >= 15 is 0 Å². The molecule has 0 saturated heterocycles. The van der Waals surface area contributed by atoms with E-state index in [-0.39, 0.29) is 23.8 Å². The average Bonchev–Trinajstić information content (AvgIpc) is 3.02. The van der Waals surface area contributed by atoms with Crippen molar-refractivity contribution >= 4 is 11.8 Å². The number of rotatable bonds is 3. The minimum absolute atomic E-state index is 0.0220. The Morgan fingerprint density at radius 2 is 1.67 bits per heavy atom. The number of ether oxygens (including phenoxy) is 1. The molecule has 1 amide bonds. The Hall–Kier alpha value is -3.65. The molecule has 0 spiro atoms. The molecule has 3 aromatic carbocycles. The molecule has 0 bridgehead atoms. The number of anilines is 1. The molecule has 0 atom stereocenters. The summed E-state index contributed by atoms with van der Waals surface area (Å²) in [4.78, 5) is 12.1. The van der Waals surface area contributed by atoms with E-state index in [1.807, 2.05) is 42.5 Å². The van der Waals surface area contributed by atoms with Crippen LogP contribution in [0.15, 0.2) is 66.7 Å². The number of carbonyl (C=O) groups excluding carboxylic acids is 1. The number of halogens is 1. The molecular formula is C22H15FN2O2. The van der Waals surface area contributed by atoms with Gasteiger partial charge in [-0.1, -0.05) is 48.5 Å². The van der Waals surface area contributed by atoms with Gasteiger partial charge in [-0.15, -0.1) is 0 Å². The van der Waals surface area contributed by atoms with Crippen molar-refractivity contribution in [3.8, 4) is 17.2 Å². The summed E-state index contributed by atoms with van der Waals surface area (Å²) in [5.74, 6) is -0.739. The molecular weight excluding hydrogens is 343 g/mol. The lowest BCUT2D eigenvalue weighted by atomic mass is 9.98. The number of hydrogen-bond donors (Lipinski definition) is 1.